The zero-order valence-electron chi connectivity index (χ0n) is 25.4. The lowest BCUT2D eigenvalue weighted by atomic mass is 9.69. The van der Waals surface area contributed by atoms with Crippen LogP contribution in [0.25, 0.3) is 44.4 Å². The maximum absolute atomic E-state index is 6.49. The van der Waals surface area contributed by atoms with E-state index in [1.54, 1.807) is 0 Å². The van der Waals surface area contributed by atoms with Crippen LogP contribution in [-0.4, -0.2) is 23.3 Å². The van der Waals surface area contributed by atoms with Crippen molar-refractivity contribution >= 4 is 23.5 Å². The lowest BCUT2D eigenvalue weighted by molar-refractivity contribution is 0.00578. The molecule has 1 saturated heterocycles. The van der Waals surface area contributed by atoms with Crippen molar-refractivity contribution in [3.8, 4) is 33.5 Å². The minimum absolute atomic E-state index is 0.420. The highest BCUT2D eigenvalue weighted by Crippen LogP contribution is 2.65. The minimum Gasteiger partial charge on any atom is -0.399 e. The summed E-state index contributed by atoms with van der Waals surface area (Å²) < 4.78 is 13.0. The highest BCUT2D eigenvalue weighted by molar-refractivity contribution is 6.62. The van der Waals surface area contributed by atoms with Gasteiger partial charge in [0, 0.05) is 16.5 Å². The SMILES string of the molecule is CC1(C)OB(c2ccc3c4c(c(-c5ccccc5)nc3c2)-c2ccccc2C42c3ccccc3-c3ccccc32)OC1(C)C. The van der Waals surface area contributed by atoms with E-state index in [4.69, 9.17) is 14.3 Å². The van der Waals surface area contributed by atoms with E-state index in [0.29, 0.717) is 0 Å². The summed E-state index contributed by atoms with van der Waals surface area (Å²) >= 11 is 0. The van der Waals surface area contributed by atoms with Crippen LogP contribution >= 0.6 is 0 Å². The van der Waals surface area contributed by atoms with Gasteiger partial charge >= 0.3 is 7.12 Å². The molecule has 0 atom stereocenters. The molecule has 0 N–H and O–H groups in total. The monoisotopic (exact) mass is 569 g/mol. The zero-order chi connectivity index (χ0) is 29.8. The van der Waals surface area contributed by atoms with E-state index >= 15 is 0 Å². The molecular formula is C40H32BNO2. The molecule has 2 heterocycles. The van der Waals surface area contributed by atoms with Gasteiger partial charge in [0.2, 0.25) is 0 Å². The first-order chi connectivity index (χ1) is 21.3. The van der Waals surface area contributed by atoms with Crippen LogP contribution in [0, 0.1) is 0 Å². The van der Waals surface area contributed by atoms with Crippen molar-refractivity contribution in [2.45, 2.75) is 44.3 Å². The zero-order valence-corrected chi connectivity index (χ0v) is 25.4. The highest BCUT2D eigenvalue weighted by atomic mass is 16.7. The predicted molar refractivity (Wildman–Crippen MR) is 179 cm³/mol. The van der Waals surface area contributed by atoms with Crippen LogP contribution in [0.1, 0.15) is 49.9 Å². The van der Waals surface area contributed by atoms with Gasteiger partial charge < -0.3 is 9.31 Å². The first kappa shape index (κ1) is 25.9. The van der Waals surface area contributed by atoms with E-state index < -0.39 is 23.7 Å². The molecule has 6 aromatic rings. The van der Waals surface area contributed by atoms with Crippen LogP contribution in [-0.2, 0) is 14.7 Å². The summed E-state index contributed by atoms with van der Waals surface area (Å²) in [5.74, 6) is 0. The fourth-order valence-electron chi connectivity index (χ4n) is 7.82. The Balaban J connectivity index is 1.42. The fraction of sp³-hybridized carbons (Fsp3) is 0.175. The lowest BCUT2D eigenvalue weighted by Gasteiger charge is -2.32. The quantitative estimate of drug-likeness (QED) is 0.196. The summed E-state index contributed by atoms with van der Waals surface area (Å²) in [4.78, 5) is 5.48. The van der Waals surface area contributed by atoms with E-state index in [1.165, 1.54) is 44.5 Å². The summed E-state index contributed by atoms with van der Waals surface area (Å²) in [6, 6.07) is 44.1. The van der Waals surface area contributed by atoms with Crippen molar-refractivity contribution in [2.75, 3.05) is 0 Å². The van der Waals surface area contributed by atoms with Crippen molar-refractivity contribution in [1.29, 1.82) is 0 Å². The molecule has 1 aliphatic heterocycles. The van der Waals surface area contributed by atoms with Crippen LogP contribution in [0.3, 0.4) is 0 Å². The Morgan fingerprint density at radius 3 is 1.70 bits per heavy atom. The molecule has 0 unspecified atom stereocenters. The maximum Gasteiger partial charge on any atom is 0.494 e. The van der Waals surface area contributed by atoms with Crippen LogP contribution in [0.4, 0.5) is 0 Å². The van der Waals surface area contributed by atoms with Gasteiger partial charge in [0.1, 0.15) is 0 Å². The van der Waals surface area contributed by atoms with Crippen molar-refractivity contribution in [1.82, 2.24) is 4.98 Å². The number of hydrogen-bond acceptors (Lipinski definition) is 3. The third kappa shape index (κ3) is 3.22. The third-order valence-corrected chi connectivity index (χ3v) is 10.5. The number of nitrogens with zero attached hydrogens (tertiary/aromatic N) is 1. The van der Waals surface area contributed by atoms with Gasteiger partial charge in [0.05, 0.1) is 27.8 Å². The average molecular weight is 570 g/mol. The second kappa shape index (κ2) is 8.78. The van der Waals surface area contributed by atoms with E-state index in [0.717, 1.165) is 27.6 Å². The molecule has 212 valence electrons. The Kier molecular flexibility index (Phi) is 5.18. The molecule has 0 bridgehead atoms. The number of rotatable bonds is 2. The second-order valence-corrected chi connectivity index (χ2v) is 13.3. The number of fused-ring (bicyclic) bond motifs is 12. The van der Waals surface area contributed by atoms with Gasteiger partial charge in [-0.3, -0.25) is 0 Å². The van der Waals surface area contributed by atoms with E-state index in [-0.39, 0.29) is 0 Å². The van der Waals surface area contributed by atoms with Crippen molar-refractivity contribution in [2.24, 2.45) is 0 Å². The summed E-state index contributed by atoms with van der Waals surface area (Å²) in [5.41, 5.74) is 13.1. The van der Waals surface area contributed by atoms with Crippen LogP contribution in [0.2, 0.25) is 0 Å². The van der Waals surface area contributed by atoms with Gasteiger partial charge in [0.25, 0.3) is 0 Å². The van der Waals surface area contributed by atoms with Crippen molar-refractivity contribution < 1.29 is 9.31 Å². The molecule has 0 amide bonds. The molecule has 1 aromatic heterocycles. The van der Waals surface area contributed by atoms with Gasteiger partial charge in [-0.05, 0) is 78.2 Å². The summed E-state index contributed by atoms with van der Waals surface area (Å²) in [7, 11) is -0.460. The standard InChI is InChI=1S/C40H32BNO2/c1-38(2)39(3,4)44-41(43-38)26-22-23-30-34(24-26)42-37(25-14-6-5-7-15-25)35-29-18-10-13-21-33(29)40(36(30)35)31-19-11-8-16-27(31)28-17-9-12-20-32(28)40/h5-24H,1-4H3. The minimum atomic E-state index is -0.463. The number of benzene rings is 5. The van der Waals surface area contributed by atoms with Gasteiger partial charge in [-0.1, -0.05) is 115 Å². The molecule has 4 heteroatoms. The first-order valence-corrected chi connectivity index (χ1v) is 15.5. The fourth-order valence-corrected chi connectivity index (χ4v) is 7.82. The lowest BCUT2D eigenvalue weighted by Crippen LogP contribution is -2.41. The Morgan fingerprint density at radius 2 is 1.09 bits per heavy atom. The predicted octanol–water partition coefficient (Wildman–Crippen LogP) is 8.54. The van der Waals surface area contributed by atoms with Gasteiger partial charge in [-0.25, -0.2) is 4.98 Å². The number of pyridine rings is 1. The molecule has 0 saturated carbocycles. The smallest absolute Gasteiger partial charge is 0.399 e. The Bertz CT molecular complexity index is 2090. The Hall–Kier alpha value is -4.51. The number of aromatic nitrogens is 1. The molecule has 3 nitrogen and oxygen atoms in total. The van der Waals surface area contributed by atoms with E-state index in [1.807, 2.05) is 0 Å². The summed E-state index contributed by atoms with van der Waals surface area (Å²) in [6.45, 7) is 8.40. The normalized spacial score (nSPS) is 17.9. The number of hydrogen-bond donors (Lipinski definition) is 0. The molecule has 5 aromatic carbocycles. The molecule has 9 rings (SSSR count). The molecule has 3 aliphatic rings. The maximum atomic E-state index is 6.49. The van der Waals surface area contributed by atoms with E-state index in [2.05, 4.69) is 149 Å². The molecule has 1 spiro atoms. The molecule has 0 radical (unpaired) electrons. The molecule has 2 aliphatic carbocycles. The van der Waals surface area contributed by atoms with Crippen LogP contribution in [0.5, 0.6) is 0 Å². The van der Waals surface area contributed by atoms with E-state index in [9.17, 15) is 0 Å². The Morgan fingerprint density at radius 1 is 0.568 bits per heavy atom. The van der Waals surface area contributed by atoms with Gasteiger partial charge in [-0.2, -0.15) is 0 Å². The van der Waals surface area contributed by atoms with Crippen LogP contribution < -0.4 is 5.46 Å². The summed E-state index contributed by atoms with van der Waals surface area (Å²) in [6.07, 6.45) is 0. The van der Waals surface area contributed by atoms with Crippen molar-refractivity contribution in [3.05, 3.63) is 144 Å². The molecule has 1 fully saturated rings. The molecule has 44 heavy (non-hydrogen) atoms. The topological polar surface area (TPSA) is 31.4 Å². The van der Waals surface area contributed by atoms with Crippen LogP contribution in [0.15, 0.2) is 121 Å². The van der Waals surface area contributed by atoms with Crippen molar-refractivity contribution in [3.63, 3.8) is 0 Å². The van der Waals surface area contributed by atoms with Gasteiger partial charge in [0.15, 0.2) is 0 Å². The average Bonchev–Trinajstić information content (AvgIpc) is 3.60. The Labute approximate surface area is 258 Å². The largest absolute Gasteiger partial charge is 0.494 e. The van der Waals surface area contributed by atoms with Gasteiger partial charge in [-0.15, -0.1) is 0 Å². The first-order valence-electron chi connectivity index (χ1n) is 15.5. The second-order valence-electron chi connectivity index (χ2n) is 13.3. The third-order valence-electron chi connectivity index (χ3n) is 10.5. The highest BCUT2D eigenvalue weighted by Gasteiger charge is 2.54. The molecular weight excluding hydrogens is 537 g/mol. The summed E-state index contributed by atoms with van der Waals surface area (Å²) in [5, 5.41) is 1.16.